The molecule has 13 nitrogen and oxygen atoms in total. The van der Waals surface area contributed by atoms with Crippen molar-refractivity contribution in [1.82, 2.24) is 25.0 Å². The van der Waals surface area contributed by atoms with Gasteiger partial charge in [0.2, 0.25) is 0 Å². The van der Waals surface area contributed by atoms with Crippen molar-refractivity contribution in [3.05, 3.63) is 36.3 Å². The van der Waals surface area contributed by atoms with Gasteiger partial charge in [-0.15, -0.1) is 0 Å². The summed E-state index contributed by atoms with van der Waals surface area (Å²) in [7, 11) is 1.50. The van der Waals surface area contributed by atoms with Gasteiger partial charge in [0.05, 0.1) is 6.42 Å². The van der Waals surface area contributed by atoms with Gasteiger partial charge in [-0.25, -0.2) is 0 Å². The number of esters is 1. The van der Waals surface area contributed by atoms with Crippen molar-refractivity contribution in [3.8, 4) is 17.1 Å². The maximum absolute atomic E-state index is 12.4. The van der Waals surface area contributed by atoms with Crippen LogP contribution < -0.4 is 15.4 Å². The Bertz CT molecular complexity index is 1380. The molecule has 14 heteroatoms. The van der Waals surface area contributed by atoms with Gasteiger partial charge in [-0.3, -0.25) is 4.79 Å². The molecule has 2 heterocycles. The van der Waals surface area contributed by atoms with E-state index >= 15 is 0 Å². The minimum absolute atomic E-state index is 0.0258. The van der Waals surface area contributed by atoms with Crippen LogP contribution >= 0.6 is 0 Å². The first kappa shape index (κ1) is 28.1. The fourth-order valence-electron chi connectivity index (χ4n) is 3.64. The van der Waals surface area contributed by atoms with Gasteiger partial charge >= 0.3 is 193 Å². The zero-order valence-electron chi connectivity index (χ0n) is 22.2. The molecule has 0 unspecified atom stereocenters. The van der Waals surface area contributed by atoms with Crippen LogP contribution in [0.1, 0.15) is 50.5 Å². The molecule has 0 radical (unpaired) electrons. The monoisotopic (exact) mass is 586 g/mol. The summed E-state index contributed by atoms with van der Waals surface area (Å²) in [6.45, 7) is 5.74. The van der Waals surface area contributed by atoms with Crippen molar-refractivity contribution in [2.45, 2.75) is 52.2 Å². The van der Waals surface area contributed by atoms with Gasteiger partial charge in [0, 0.05) is 0 Å². The number of amides is 1. The Morgan fingerprint density at radius 2 is 1.92 bits per heavy atom. The zero-order chi connectivity index (χ0) is 28.2. The van der Waals surface area contributed by atoms with Crippen LogP contribution in [0.25, 0.3) is 11.4 Å². The summed E-state index contributed by atoms with van der Waals surface area (Å²) in [6.07, 6.45) is 3.35. The number of aryl methyl sites for hydroxylation is 1. The Morgan fingerprint density at radius 3 is 2.59 bits per heavy atom. The summed E-state index contributed by atoms with van der Waals surface area (Å²) >= 11 is 0.279. The van der Waals surface area contributed by atoms with E-state index in [-0.39, 0.29) is 60.1 Å². The van der Waals surface area contributed by atoms with Crippen molar-refractivity contribution in [3.63, 3.8) is 0 Å². The number of carbonyl (C=O) groups is 3. The quantitative estimate of drug-likeness (QED) is 0.265. The van der Waals surface area contributed by atoms with E-state index < -0.39 is 11.6 Å². The summed E-state index contributed by atoms with van der Waals surface area (Å²) < 4.78 is 17.6. The molecule has 39 heavy (non-hydrogen) atoms. The molecule has 1 fully saturated rings. The number of para-hydroxylation sites is 1. The summed E-state index contributed by atoms with van der Waals surface area (Å²) in [6, 6.07) is 6.83. The summed E-state index contributed by atoms with van der Waals surface area (Å²) in [5.74, 6) is -0.145. The average molecular weight is 588 g/mol. The predicted molar refractivity (Wildman–Crippen MR) is 135 cm³/mol. The zero-order valence-corrected chi connectivity index (χ0v) is 25.2. The summed E-state index contributed by atoms with van der Waals surface area (Å²) in [4.78, 5) is 41.1. The molecule has 0 saturated heterocycles. The van der Waals surface area contributed by atoms with Gasteiger partial charge in [-0.2, -0.15) is 0 Å². The molecule has 1 aromatic carbocycles. The number of hydrogen-bond acceptors (Lipinski definition) is 11. The van der Waals surface area contributed by atoms with Gasteiger partial charge in [0.25, 0.3) is 0 Å². The Morgan fingerprint density at radius 1 is 1.15 bits per heavy atom. The van der Waals surface area contributed by atoms with E-state index in [1.54, 1.807) is 22.9 Å². The van der Waals surface area contributed by atoms with Crippen molar-refractivity contribution in [2.75, 3.05) is 17.7 Å². The molecule has 201 valence electrons. The second-order valence-electron chi connectivity index (χ2n) is 9.87. The van der Waals surface area contributed by atoms with E-state index in [1.807, 2.05) is 20.8 Å². The summed E-state index contributed by atoms with van der Waals surface area (Å²) in [5, 5.41) is 18.3. The normalized spacial score (nSPS) is 13.0. The van der Waals surface area contributed by atoms with Crippen LogP contribution in [0, 0.1) is 5.92 Å². The Balaban J connectivity index is 1.58. The number of carbonyl (C=O) groups excluding carboxylic acids is 3. The van der Waals surface area contributed by atoms with Gasteiger partial charge in [0.1, 0.15) is 5.60 Å². The number of ether oxygens (including phenoxy) is 2. The number of benzene rings is 1. The molecule has 0 atom stereocenters. The molecular weight excluding hydrogens is 560 g/mol. The molecule has 2 aromatic heterocycles. The van der Waals surface area contributed by atoms with Crippen LogP contribution in [0.2, 0.25) is 0 Å². The van der Waals surface area contributed by atoms with Crippen molar-refractivity contribution in [2.24, 2.45) is 5.92 Å². The van der Waals surface area contributed by atoms with Crippen LogP contribution in [-0.4, -0.2) is 55.5 Å². The Labute approximate surface area is 235 Å². The molecule has 1 aliphatic carbocycles. The van der Waals surface area contributed by atoms with E-state index in [9.17, 15) is 14.4 Å². The SMILES string of the molecule is COc1c(Nc2cc(NC(=O)C3CC3)nnc2C(=O)[O][Zn])cccc1-c1ncn(CCC(=O)OC(C)(C)C)n1. The molecule has 0 aliphatic heterocycles. The van der Waals surface area contributed by atoms with Crippen molar-refractivity contribution < 1.29 is 46.1 Å². The number of nitrogens with one attached hydrogen (secondary N) is 2. The molecule has 3 aromatic rings. The first-order valence-electron chi connectivity index (χ1n) is 12.3. The van der Waals surface area contributed by atoms with Gasteiger partial charge in [-0.05, 0) is 20.8 Å². The van der Waals surface area contributed by atoms with Crippen LogP contribution in [0.15, 0.2) is 30.6 Å². The van der Waals surface area contributed by atoms with Crippen LogP contribution in [0.5, 0.6) is 5.75 Å². The van der Waals surface area contributed by atoms with Crippen LogP contribution in [0.3, 0.4) is 0 Å². The standard InChI is InChI=1S/C25H29N7O6.Zn/c1-25(2,3)38-19(33)10-11-32-13-26-22(31-32)15-6-5-7-16(21(15)37-4)27-17-12-18(28-23(34)14-8-9-14)29-30-20(17)24(35)36;/h5-7,12-14H,8-11H2,1-4H3,(H,35,36)(H2,27,28,29,34);/q;+1/p-1. The van der Waals surface area contributed by atoms with E-state index in [2.05, 4.69) is 30.9 Å². The number of methoxy groups -OCH3 is 1. The topological polar surface area (TPSA) is 159 Å². The van der Waals surface area contributed by atoms with Crippen molar-refractivity contribution >= 4 is 35.0 Å². The second kappa shape index (κ2) is 11.9. The van der Waals surface area contributed by atoms with E-state index in [1.165, 1.54) is 19.5 Å². The third-order valence-electron chi connectivity index (χ3n) is 5.55. The average Bonchev–Trinajstić information content (AvgIpc) is 3.64. The van der Waals surface area contributed by atoms with E-state index in [4.69, 9.17) is 13.0 Å². The first-order chi connectivity index (χ1) is 18.6. The molecule has 0 bridgehead atoms. The number of rotatable bonds is 10. The van der Waals surface area contributed by atoms with Crippen molar-refractivity contribution in [1.29, 1.82) is 0 Å². The van der Waals surface area contributed by atoms with Crippen LogP contribution in [-0.2, 0) is 43.1 Å². The molecule has 1 amide bonds. The van der Waals surface area contributed by atoms with Gasteiger partial charge in [0.15, 0.2) is 0 Å². The number of nitrogens with zero attached hydrogens (tertiary/aromatic N) is 5. The fourth-order valence-corrected chi connectivity index (χ4v) is 3.93. The summed E-state index contributed by atoms with van der Waals surface area (Å²) in [5.41, 5.74) is 0.751. The van der Waals surface area contributed by atoms with E-state index in [0.29, 0.717) is 29.4 Å². The third-order valence-corrected chi connectivity index (χ3v) is 6.10. The Kier molecular flexibility index (Phi) is 8.54. The molecular formula is C25H28N7O6Zn. The molecule has 2 N–H and O–H groups in total. The predicted octanol–water partition coefficient (Wildman–Crippen LogP) is 3.19. The number of anilines is 3. The minimum atomic E-state index is -0.648. The molecule has 1 aliphatic rings. The Hall–Kier alpha value is -3.93. The van der Waals surface area contributed by atoms with Gasteiger partial charge < -0.3 is 4.74 Å². The first-order valence-corrected chi connectivity index (χ1v) is 13.5. The molecule has 0 spiro atoms. The third kappa shape index (κ3) is 7.35. The van der Waals surface area contributed by atoms with Crippen LogP contribution in [0.4, 0.5) is 17.2 Å². The van der Waals surface area contributed by atoms with E-state index in [0.717, 1.165) is 12.8 Å². The molecule has 4 rings (SSSR count). The van der Waals surface area contributed by atoms with Gasteiger partial charge in [-0.1, -0.05) is 0 Å². The maximum atomic E-state index is 12.4. The number of hydrogen-bond donors (Lipinski definition) is 2. The number of aromatic nitrogens is 5. The second-order valence-corrected chi connectivity index (χ2v) is 10.5. The molecule has 1 saturated carbocycles. The fraction of sp³-hybridized carbons (Fsp3) is 0.400.